The summed E-state index contributed by atoms with van der Waals surface area (Å²) >= 11 is 0. The van der Waals surface area contributed by atoms with E-state index < -0.39 is 0 Å². The summed E-state index contributed by atoms with van der Waals surface area (Å²) < 4.78 is 8.90. The van der Waals surface area contributed by atoms with Gasteiger partial charge in [-0.1, -0.05) is 12.1 Å². The van der Waals surface area contributed by atoms with Gasteiger partial charge in [-0.2, -0.15) is 0 Å². The van der Waals surface area contributed by atoms with E-state index in [4.69, 9.17) is 15.1 Å². The number of benzene rings is 2. The fraction of sp³-hybridized carbons (Fsp3) is 0.343. The molecular weight excluding hydrogens is 538 g/mol. The lowest BCUT2D eigenvalue weighted by Crippen LogP contribution is -2.41. The molecule has 2 aliphatic heterocycles. The van der Waals surface area contributed by atoms with Gasteiger partial charge in [0.2, 0.25) is 0 Å². The van der Waals surface area contributed by atoms with Gasteiger partial charge in [0, 0.05) is 64.7 Å². The summed E-state index contributed by atoms with van der Waals surface area (Å²) in [6.45, 7) is 4.29. The van der Waals surface area contributed by atoms with E-state index in [9.17, 15) is 9.59 Å². The van der Waals surface area contributed by atoms with Gasteiger partial charge in [-0.15, -0.1) is 0 Å². The van der Waals surface area contributed by atoms with Gasteiger partial charge in [0.1, 0.15) is 11.2 Å². The van der Waals surface area contributed by atoms with Crippen LogP contribution in [-0.4, -0.2) is 44.9 Å². The highest BCUT2D eigenvalue weighted by Crippen LogP contribution is 2.41. The zero-order valence-corrected chi connectivity index (χ0v) is 24.1. The molecule has 5 heterocycles. The molecule has 0 radical (unpaired) electrons. The van der Waals surface area contributed by atoms with Crippen molar-refractivity contribution < 1.29 is 14.0 Å². The lowest BCUT2D eigenvalue weighted by molar-refractivity contribution is 0.0700. The zero-order valence-electron chi connectivity index (χ0n) is 24.1. The summed E-state index contributed by atoms with van der Waals surface area (Å²) in [7, 11) is 0. The van der Waals surface area contributed by atoms with E-state index in [0.717, 1.165) is 87.3 Å². The largest absolute Gasteiger partial charge is 0.454 e. The molecule has 3 atom stereocenters. The molecule has 3 aromatic heterocycles. The maximum absolute atomic E-state index is 13.5. The number of nitrogens with zero attached hydrogens (tertiary/aromatic N) is 3. The lowest BCUT2D eigenvalue weighted by atomic mass is 10.0. The zero-order chi connectivity index (χ0) is 29.0. The SMILES string of the molecule is Cc1c(-c2cc3ccc(-c4ccc5c(c4)CNC5=O)nc3n2CC2CC2)oc2cc(C(=O)N3CC4CCC3[C@@H]4N)ccc12. The molecule has 1 saturated heterocycles. The quantitative estimate of drug-likeness (QED) is 0.284. The maximum Gasteiger partial charge on any atom is 0.254 e. The van der Waals surface area contributed by atoms with Crippen LogP contribution in [0.25, 0.3) is 44.7 Å². The predicted molar refractivity (Wildman–Crippen MR) is 165 cm³/mol. The van der Waals surface area contributed by atoms with Crippen molar-refractivity contribution >= 4 is 33.8 Å². The Morgan fingerprint density at radius 2 is 1.95 bits per heavy atom. The number of rotatable bonds is 5. The molecule has 43 heavy (non-hydrogen) atoms. The molecule has 2 amide bonds. The number of aryl methyl sites for hydroxylation is 1. The number of hydrogen-bond donors (Lipinski definition) is 2. The van der Waals surface area contributed by atoms with Crippen molar-refractivity contribution in [3.63, 3.8) is 0 Å². The first-order valence-electron chi connectivity index (χ1n) is 15.4. The van der Waals surface area contributed by atoms with Gasteiger partial charge in [0.05, 0.1) is 11.4 Å². The van der Waals surface area contributed by atoms with Crippen LogP contribution in [0, 0.1) is 18.8 Å². The highest BCUT2D eigenvalue weighted by atomic mass is 16.3. The summed E-state index contributed by atoms with van der Waals surface area (Å²) in [6, 6.07) is 18.4. The Balaban J connectivity index is 1.11. The number of carbonyl (C=O) groups excluding carboxylic acids is 2. The Kier molecular flexibility index (Phi) is 5.27. The van der Waals surface area contributed by atoms with Gasteiger partial charge in [-0.25, -0.2) is 4.98 Å². The number of carbonyl (C=O) groups is 2. The first-order valence-corrected chi connectivity index (χ1v) is 15.4. The summed E-state index contributed by atoms with van der Waals surface area (Å²) in [5.41, 5.74) is 14.4. The normalized spacial score (nSPS) is 22.6. The van der Waals surface area contributed by atoms with Crippen LogP contribution in [0.5, 0.6) is 0 Å². The van der Waals surface area contributed by atoms with E-state index in [1.54, 1.807) is 0 Å². The number of likely N-dealkylation sites (tertiary alicyclic amines) is 1. The van der Waals surface area contributed by atoms with Crippen molar-refractivity contribution in [3.8, 4) is 22.7 Å². The molecule has 216 valence electrons. The summed E-state index contributed by atoms with van der Waals surface area (Å²) in [6.07, 6.45) is 4.55. The number of nitrogens with one attached hydrogen (secondary N) is 1. The number of hydrogen-bond acceptors (Lipinski definition) is 5. The predicted octanol–water partition coefficient (Wildman–Crippen LogP) is 5.64. The third-order valence-corrected chi connectivity index (χ3v) is 10.3. The Labute approximate surface area is 248 Å². The summed E-state index contributed by atoms with van der Waals surface area (Å²) in [4.78, 5) is 32.7. The first kappa shape index (κ1) is 25.1. The van der Waals surface area contributed by atoms with Crippen molar-refractivity contribution in [1.82, 2.24) is 19.8 Å². The standard InChI is InChI=1S/C35H33N5O3/c1-18-25-8-5-22(35(42)40-17-23-7-11-28(40)31(23)36)14-30(25)43-32(18)29-13-21-6-10-27(38-33(21)39(29)16-19-2-3-19)20-4-9-26-24(12-20)15-37-34(26)41/h4-6,8-10,12-14,19,23,28,31H,2-3,7,11,15-17,36H2,1H3,(H,37,41)/t23?,28?,31-/m1/s1. The van der Waals surface area contributed by atoms with Crippen LogP contribution in [0.2, 0.25) is 0 Å². The highest BCUT2D eigenvalue weighted by molar-refractivity contribution is 6.00. The lowest BCUT2D eigenvalue weighted by Gasteiger charge is -2.27. The van der Waals surface area contributed by atoms with Gasteiger partial charge in [-0.05, 0) is 92.5 Å². The van der Waals surface area contributed by atoms with Gasteiger partial charge >= 0.3 is 0 Å². The second-order valence-corrected chi connectivity index (χ2v) is 13.0. The van der Waals surface area contributed by atoms with Gasteiger partial charge in [-0.3, -0.25) is 9.59 Å². The van der Waals surface area contributed by atoms with E-state index in [-0.39, 0.29) is 23.9 Å². The van der Waals surface area contributed by atoms with Crippen molar-refractivity contribution in [1.29, 1.82) is 0 Å². The van der Waals surface area contributed by atoms with Gasteiger partial charge in [0.25, 0.3) is 11.8 Å². The van der Waals surface area contributed by atoms with Crippen LogP contribution in [0.1, 0.15) is 57.5 Å². The van der Waals surface area contributed by atoms with Crippen molar-refractivity contribution in [2.75, 3.05) is 6.54 Å². The van der Waals surface area contributed by atoms with Crippen LogP contribution in [0.3, 0.4) is 0 Å². The van der Waals surface area contributed by atoms with Gasteiger partial charge < -0.3 is 24.9 Å². The fourth-order valence-electron chi connectivity index (χ4n) is 7.66. The molecule has 2 bridgehead atoms. The van der Waals surface area contributed by atoms with Crippen LogP contribution in [0.15, 0.2) is 59.0 Å². The number of piperidine rings is 1. The first-order chi connectivity index (χ1) is 20.9. The smallest absolute Gasteiger partial charge is 0.254 e. The Bertz CT molecular complexity index is 2000. The molecule has 8 nitrogen and oxygen atoms in total. The third-order valence-electron chi connectivity index (χ3n) is 10.3. The van der Waals surface area contributed by atoms with E-state index in [1.165, 1.54) is 12.8 Å². The molecule has 5 aromatic rings. The summed E-state index contributed by atoms with van der Waals surface area (Å²) in [5.74, 6) is 1.91. The molecule has 2 saturated carbocycles. The molecule has 0 spiro atoms. The number of aromatic nitrogens is 2. The number of pyridine rings is 1. The van der Waals surface area contributed by atoms with Crippen molar-refractivity contribution in [2.45, 2.75) is 57.8 Å². The third kappa shape index (κ3) is 3.82. The molecule has 3 fully saturated rings. The Morgan fingerprint density at radius 1 is 1.07 bits per heavy atom. The van der Waals surface area contributed by atoms with E-state index in [0.29, 0.717) is 23.9 Å². The van der Waals surface area contributed by atoms with Crippen LogP contribution in [0.4, 0.5) is 0 Å². The minimum absolute atomic E-state index is 0.0159. The fourth-order valence-corrected chi connectivity index (χ4v) is 7.66. The molecule has 9 rings (SSSR count). The molecule has 4 aliphatic rings. The van der Waals surface area contributed by atoms with E-state index in [1.807, 2.05) is 35.2 Å². The van der Waals surface area contributed by atoms with Crippen LogP contribution >= 0.6 is 0 Å². The second-order valence-electron chi connectivity index (χ2n) is 13.0. The average Bonchev–Trinajstić information content (AvgIpc) is 3.23. The van der Waals surface area contributed by atoms with E-state index >= 15 is 0 Å². The Morgan fingerprint density at radius 3 is 2.74 bits per heavy atom. The number of amides is 2. The second kappa shape index (κ2) is 9.04. The average molecular weight is 572 g/mol. The topological polar surface area (TPSA) is 106 Å². The van der Waals surface area contributed by atoms with Crippen molar-refractivity contribution in [3.05, 3.63) is 76.9 Å². The monoisotopic (exact) mass is 571 g/mol. The van der Waals surface area contributed by atoms with E-state index in [2.05, 4.69) is 41.1 Å². The minimum atomic E-state index is -0.0159. The summed E-state index contributed by atoms with van der Waals surface area (Å²) in [5, 5.41) is 4.98. The van der Waals surface area contributed by atoms with Crippen LogP contribution < -0.4 is 11.1 Å². The molecular formula is C35H33N5O3. The molecule has 2 aliphatic carbocycles. The number of furan rings is 1. The minimum Gasteiger partial charge on any atom is -0.454 e. The Hall–Kier alpha value is -4.43. The maximum atomic E-state index is 13.5. The molecule has 2 aromatic carbocycles. The molecule has 2 unspecified atom stereocenters. The molecule has 3 N–H and O–H groups in total. The number of fused-ring (bicyclic) bond motifs is 5. The van der Waals surface area contributed by atoms with Gasteiger partial charge in [0.15, 0.2) is 5.76 Å². The molecule has 8 heteroatoms. The van der Waals surface area contributed by atoms with Crippen LogP contribution in [-0.2, 0) is 13.1 Å². The van der Waals surface area contributed by atoms with Crippen molar-refractivity contribution in [2.24, 2.45) is 17.6 Å². The number of nitrogens with two attached hydrogens (primary N) is 1. The highest BCUT2D eigenvalue weighted by Gasteiger charge is 2.46.